The average molecular weight is 259 g/mol. The summed E-state index contributed by atoms with van der Waals surface area (Å²) in [7, 11) is 0. The molecule has 1 aliphatic rings. The topological polar surface area (TPSA) is 48.4 Å². The van der Waals surface area contributed by atoms with Gasteiger partial charge in [-0.3, -0.25) is 0 Å². The van der Waals surface area contributed by atoms with E-state index in [0.717, 1.165) is 42.4 Å². The van der Waals surface area contributed by atoms with Crippen molar-refractivity contribution < 1.29 is 9.15 Å². The van der Waals surface area contributed by atoms with Gasteiger partial charge in [-0.25, -0.2) is 0 Å². The minimum atomic E-state index is 0.0602. The first kappa shape index (κ1) is 12.7. The molecule has 3 rings (SSSR count). The number of hydrogen-bond acceptors (Lipinski definition) is 3. The van der Waals surface area contributed by atoms with E-state index in [1.165, 1.54) is 12.8 Å². The van der Waals surface area contributed by atoms with Crippen LogP contribution in [0.4, 0.5) is 0 Å². The maximum Gasteiger partial charge on any atom is 0.134 e. The van der Waals surface area contributed by atoms with Crippen molar-refractivity contribution in [3.8, 4) is 0 Å². The standard InChI is InChI=1S/C16H21NO2/c17-15(8-3-5-12-6-4-10-18-12)14-11-19-16-9-2-1-7-13(14)16/h1-2,7,9,11-12,15H,3-6,8,10,17H2. The highest BCUT2D eigenvalue weighted by atomic mass is 16.5. The lowest BCUT2D eigenvalue weighted by molar-refractivity contribution is 0.101. The minimum Gasteiger partial charge on any atom is -0.464 e. The van der Waals surface area contributed by atoms with E-state index < -0.39 is 0 Å². The van der Waals surface area contributed by atoms with E-state index in [-0.39, 0.29) is 6.04 Å². The van der Waals surface area contributed by atoms with Crippen LogP contribution >= 0.6 is 0 Å². The molecule has 0 radical (unpaired) electrons. The highest BCUT2D eigenvalue weighted by molar-refractivity contribution is 5.81. The fourth-order valence-corrected chi connectivity index (χ4v) is 2.88. The zero-order chi connectivity index (χ0) is 13.1. The summed E-state index contributed by atoms with van der Waals surface area (Å²) in [6.45, 7) is 0.934. The number of ether oxygens (including phenoxy) is 1. The van der Waals surface area contributed by atoms with E-state index in [1.807, 2.05) is 18.2 Å². The molecule has 2 N–H and O–H groups in total. The second-order valence-electron chi connectivity index (χ2n) is 5.36. The molecule has 1 aromatic heterocycles. The second kappa shape index (κ2) is 5.76. The number of nitrogens with two attached hydrogens (primary N) is 1. The normalized spacial score (nSPS) is 21.0. The number of fused-ring (bicyclic) bond motifs is 1. The van der Waals surface area contributed by atoms with Crippen molar-refractivity contribution in [1.29, 1.82) is 0 Å². The number of furan rings is 1. The van der Waals surface area contributed by atoms with E-state index in [2.05, 4.69) is 6.07 Å². The van der Waals surface area contributed by atoms with Gasteiger partial charge in [-0.2, -0.15) is 0 Å². The Morgan fingerprint density at radius 1 is 1.32 bits per heavy atom. The van der Waals surface area contributed by atoms with Gasteiger partial charge in [-0.05, 0) is 38.2 Å². The molecule has 0 bridgehead atoms. The number of para-hydroxylation sites is 1. The molecule has 0 amide bonds. The van der Waals surface area contributed by atoms with Crippen LogP contribution in [0.2, 0.25) is 0 Å². The Labute approximate surface area is 113 Å². The van der Waals surface area contributed by atoms with Crippen LogP contribution in [0, 0.1) is 0 Å². The fraction of sp³-hybridized carbons (Fsp3) is 0.500. The summed E-state index contributed by atoms with van der Waals surface area (Å²) in [6, 6.07) is 8.13. The Bertz CT molecular complexity index is 528. The Kier molecular flexibility index (Phi) is 3.85. The van der Waals surface area contributed by atoms with Crippen molar-refractivity contribution in [3.05, 3.63) is 36.1 Å². The Morgan fingerprint density at radius 2 is 2.21 bits per heavy atom. The van der Waals surface area contributed by atoms with Gasteiger partial charge < -0.3 is 14.9 Å². The predicted molar refractivity (Wildman–Crippen MR) is 76.0 cm³/mol. The molecule has 0 aliphatic carbocycles. The minimum absolute atomic E-state index is 0.0602. The summed E-state index contributed by atoms with van der Waals surface area (Å²) < 4.78 is 11.2. The molecule has 1 aliphatic heterocycles. The third-order valence-corrected chi connectivity index (χ3v) is 3.98. The van der Waals surface area contributed by atoms with Crippen LogP contribution in [0.5, 0.6) is 0 Å². The molecule has 102 valence electrons. The zero-order valence-corrected chi connectivity index (χ0v) is 11.2. The molecule has 19 heavy (non-hydrogen) atoms. The predicted octanol–water partition coefficient (Wildman–Crippen LogP) is 3.78. The monoisotopic (exact) mass is 259 g/mol. The second-order valence-corrected chi connectivity index (χ2v) is 5.36. The van der Waals surface area contributed by atoms with Crippen LogP contribution in [0.15, 0.2) is 34.9 Å². The lowest BCUT2D eigenvalue weighted by atomic mass is 9.99. The zero-order valence-electron chi connectivity index (χ0n) is 11.2. The van der Waals surface area contributed by atoms with E-state index >= 15 is 0 Å². The number of hydrogen-bond donors (Lipinski definition) is 1. The molecule has 0 spiro atoms. The van der Waals surface area contributed by atoms with Crippen molar-refractivity contribution in [1.82, 2.24) is 0 Å². The summed E-state index contributed by atoms with van der Waals surface area (Å²) in [6.07, 6.45) is 7.93. The van der Waals surface area contributed by atoms with Crippen LogP contribution in [0.25, 0.3) is 11.0 Å². The van der Waals surface area contributed by atoms with Crippen LogP contribution in [-0.2, 0) is 4.74 Å². The van der Waals surface area contributed by atoms with Gasteiger partial charge in [0.1, 0.15) is 5.58 Å². The number of rotatable bonds is 5. The van der Waals surface area contributed by atoms with Crippen molar-refractivity contribution in [3.63, 3.8) is 0 Å². The van der Waals surface area contributed by atoms with Gasteiger partial charge in [0, 0.05) is 23.6 Å². The first-order valence-corrected chi connectivity index (χ1v) is 7.18. The summed E-state index contributed by atoms with van der Waals surface area (Å²) in [5, 5.41) is 1.15. The highest BCUT2D eigenvalue weighted by Gasteiger charge is 2.17. The highest BCUT2D eigenvalue weighted by Crippen LogP contribution is 2.28. The van der Waals surface area contributed by atoms with Gasteiger partial charge in [-0.1, -0.05) is 18.2 Å². The van der Waals surface area contributed by atoms with Crippen LogP contribution in [0.3, 0.4) is 0 Å². The van der Waals surface area contributed by atoms with Crippen molar-refractivity contribution >= 4 is 11.0 Å². The third-order valence-electron chi connectivity index (χ3n) is 3.98. The fourth-order valence-electron chi connectivity index (χ4n) is 2.88. The van der Waals surface area contributed by atoms with Gasteiger partial charge in [-0.15, -0.1) is 0 Å². The van der Waals surface area contributed by atoms with Gasteiger partial charge in [0.2, 0.25) is 0 Å². The van der Waals surface area contributed by atoms with Gasteiger partial charge in [0.15, 0.2) is 0 Å². The molecule has 1 aromatic carbocycles. The van der Waals surface area contributed by atoms with E-state index in [9.17, 15) is 0 Å². The average Bonchev–Trinajstić information content (AvgIpc) is 3.07. The van der Waals surface area contributed by atoms with Crippen molar-refractivity contribution in [2.75, 3.05) is 6.61 Å². The summed E-state index contributed by atoms with van der Waals surface area (Å²) >= 11 is 0. The molecular weight excluding hydrogens is 238 g/mol. The summed E-state index contributed by atoms with van der Waals surface area (Å²) in [5.74, 6) is 0. The van der Waals surface area contributed by atoms with E-state index in [1.54, 1.807) is 6.26 Å². The van der Waals surface area contributed by atoms with E-state index in [0.29, 0.717) is 6.10 Å². The van der Waals surface area contributed by atoms with Gasteiger partial charge in [0.05, 0.1) is 12.4 Å². The maximum atomic E-state index is 6.29. The molecule has 2 unspecified atom stereocenters. The summed E-state index contributed by atoms with van der Waals surface area (Å²) in [5.41, 5.74) is 8.34. The SMILES string of the molecule is NC(CCCC1CCCO1)c1coc2ccccc12. The molecule has 3 nitrogen and oxygen atoms in total. The molecule has 1 saturated heterocycles. The molecule has 2 atom stereocenters. The van der Waals surface area contributed by atoms with Crippen LogP contribution < -0.4 is 5.73 Å². The maximum absolute atomic E-state index is 6.29. The largest absolute Gasteiger partial charge is 0.464 e. The van der Waals surface area contributed by atoms with E-state index in [4.69, 9.17) is 14.9 Å². The Morgan fingerprint density at radius 3 is 3.05 bits per heavy atom. The van der Waals surface area contributed by atoms with Gasteiger partial charge in [0.25, 0.3) is 0 Å². The molecular formula is C16H21NO2. The lowest BCUT2D eigenvalue weighted by Gasteiger charge is -2.12. The molecule has 3 heteroatoms. The molecule has 2 heterocycles. The quantitative estimate of drug-likeness (QED) is 0.888. The van der Waals surface area contributed by atoms with Crippen molar-refractivity contribution in [2.24, 2.45) is 5.73 Å². The van der Waals surface area contributed by atoms with Gasteiger partial charge >= 0.3 is 0 Å². The third kappa shape index (κ3) is 2.82. The molecule has 0 saturated carbocycles. The molecule has 1 fully saturated rings. The Hall–Kier alpha value is -1.32. The Balaban J connectivity index is 1.58. The number of benzene rings is 1. The van der Waals surface area contributed by atoms with Crippen LogP contribution in [-0.4, -0.2) is 12.7 Å². The van der Waals surface area contributed by atoms with Crippen molar-refractivity contribution in [2.45, 2.75) is 44.2 Å². The first-order valence-electron chi connectivity index (χ1n) is 7.18. The smallest absolute Gasteiger partial charge is 0.134 e. The summed E-state index contributed by atoms with van der Waals surface area (Å²) in [4.78, 5) is 0. The molecule has 2 aromatic rings. The van der Waals surface area contributed by atoms with Crippen LogP contribution in [0.1, 0.15) is 43.7 Å². The lowest BCUT2D eigenvalue weighted by Crippen LogP contribution is -2.11. The first-order chi connectivity index (χ1) is 9.34.